The van der Waals surface area contributed by atoms with Crippen LogP contribution in [0.3, 0.4) is 0 Å². The molecule has 4 heteroatoms. The maximum atomic E-state index is 12.3. The summed E-state index contributed by atoms with van der Waals surface area (Å²) in [4.78, 5) is 12.3. The van der Waals surface area contributed by atoms with Crippen molar-refractivity contribution < 1.29 is 13.9 Å². The molecule has 1 aromatic heterocycles. The summed E-state index contributed by atoms with van der Waals surface area (Å²) >= 11 is 0. The number of ether oxygens (including phenoxy) is 1. The quantitative estimate of drug-likeness (QED) is 0.625. The molecule has 25 heavy (non-hydrogen) atoms. The average molecular weight is 335 g/mol. The Morgan fingerprint density at radius 2 is 1.68 bits per heavy atom. The highest BCUT2D eigenvalue weighted by Crippen LogP contribution is 2.24. The summed E-state index contributed by atoms with van der Waals surface area (Å²) in [5, 5.41) is 2.88. The number of carbonyl (C=O) groups excluding carboxylic acids is 1. The van der Waals surface area contributed by atoms with Crippen LogP contribution in [-0.4, -0.2) is 19.1 Å². The van der Waals surface area contributed by atoms with Gasteiger partial charge in [-0.15, -0.1) is 0 Å². The first-order chi connectivity index (χ1) is 12.3. The number of carbonyl (C=O) groups is 1. The van der Waals surface area contributed by atoms with Crippen molar-refractivity contribution in [3.63, 3.8) is 0 Å². The van der Waals surface area contributed by atoms with Gasteiger partial charge in [-0.1, -0.05) is 60.7 Å². The fraction of sp³-hybridized carbons (Fsp3) is 0.190. The van der Waals surface area contributed by atoms with Crippen molar-refractivity contribution in [2.45, 2.75) is 13.0 Å². The smallest absolute Gasteiger partial charge is 0.287 e. The zero-order valence-electron chi connectivity index (χ0n) is 14.0. The number of rotatable bonds is 8. The van der Waals surface area contributed by atoms with Crippen LogP contribution in [0, 0.1) is 0 Å². The Morgan fingerprint density at radius 3 is 2.44 bits per heavy atom. The maximum Gasteiger partial charge on any atom is 0.287 e. The lowest BCUT2D eigenvalue weighted by atomic mass is 10.1. The van der Waals surface area contributed by atoms with E-state index in [2.05, 4.69) is 5.32 Å². The molecule has 0 fully saturated rings. The van der Waals surface area contributed by atoms with Gasteiger partial charge in [0.2, 0.25) is 0 Å². The predicted octanol–water partition coefficient (Wildman–Crippen LogP) is 4.28. The summed E-state index contributed by atoms with van der Waals surface area (Å²) in [6.45, 7) is 1.73. The molecule has 1 heterocycles. The van der Waals surface area contributed by atoms with Gasteiger partial charge in [0, 0.05) is 18.7 Å². The zero-order valence-corrected chi connectivity index (χ0v) is 14.0. The van der Waals surface area contributed by atoms with E-state index in [0.29, 0.717) is 25.5 Å². The van der Waals surface area contributed by atoms with Crippen molar-refractivity contribution in [2.24, 2.45) is 0 Å². The van der Waals surface area contributed by atoms with E-state index in [0.717, 1.165) is 23.1 Å². The van der Waals surface area contributed by atoms with Crippen LogP contribution in [0.2, 0.25) is 0 Å². The van der Waals surface area contributed by atoms with Crippen LogP contribution < -0.4 is 5.32 Å². The third-order valence-corrected chi connectivity index (χ3v) is 3.82. The number of amides is 1. The molecule has 0 radical (unpaired) electrons. The maximum absolute atomic E-state index is 12.3. The second-order valence-electron chi connectivity index (χ2n) is 5.68. The average Bonchev–Trinajstić information content (AvgIpc) is 3.16. The van der Waals surface area contributed by atoms with Crippen molar-refractivity contribution in [1.29, 1.82) is 0 Å². The van der Waals surface area contributed by atoms with Gasteiger partial charge in [0.15, 0.2) is 5.76 Å². The molecule has 0 aliphatic carbocycles. The Morgan fingerprint density at radius 1 is 0.960 bits per heavy atom. The Hall–Kier alpha value is -2.85. The Balaban J connectivity index is 1.42. The van der Waals surface area contributed by atoms with Crippen molar-refractivity contribution in [3.8, 4) is 11.1 Å². The van der Waals surface area contributed by atoms with Crippen LogP contribution in [0.25, 0.3) is 11.1 Å². The van der Waals surface area contributed by atoms with E-state index in [9.17, 15) is 4.79 Å². The lowest BCUT2D eigenvalue weighted by Gasteiger charge is -2.07. The predicted molar refractivity (Wildman–Crippen MR) is 97.2 cm³/mol. The number of hydrogen-bond donors (Lipinski definition) is 1. The number of furan rings is 1. The molecule has 3 aromatic rings. The molecule has 4 nitrogen and oxygen atoms in total. The Labute approximate surface area is 147 Å². The number of hydrogen-bond acceptors (Lipinski definition) is 3. The van der Waals surface area contributed by atoms with Gasteiger partial charge in [0.25, 0.3) is 5.91 Å². The molecule has 128 valence electrons. The minimum absolute atomic E-state index is 0.202. The third kappa shape index (κ3) is 4.81. The van der Waals surface area contributed by atoms with E-state index < -0.39 is 0 Å². The fourth-order valence-corrected chi connectivity index (χ4v) is 2.55. The molecule has 0 atom stereocenters. The van der Waals surface area contributed by atoms with E-state index in [1.807, 2.05) is 66.7 Å². The standard InChI is InChI=1S/C21H21NO3/c23-21(20-19(12-15-25-20)18-10-5-2-6-11-18)22-13-7-14-24-16-17-8-3-1-4-9-17/h1-6,8-12,15H,7,13-14,16H2,(H,22,23). The van der Waals surface area contributed by atoms with Gasteiger partial charge < -0.3 is 14.5 Å². The van der Waals surface area contributed by atoms with Gasteiger partial charge in [0.1, 0.15) is 0 Å². The largest absolute Gasteiger partial charge is 0.459 e. The molecule has 0 spiro atoms. The minimum atomic E-state index is -0.202. The Bertz CT molecular complexity index is 781. The topological polar surface area (TPSA) is 51.5 Å². The number of nitrogens with one attached hydrogen (secondary N) is 1. The molecule has 1 amide bonds. The first kappa shape index (κ1) is 17.0. The molecular weight excluding hydrogens is 314 g/mol. The van der Waals surface area contributed by atoms with Crippen molar-refractivity contribution >= 4 is 5.91 Å². The molecule has 3 rings (SSSR count). The van der Waals surface area contributed by atoms with Gasteiger partial charge in [-0.25, -0.2) is 0 Å². The molecule has 0 aliphatic rings. The molecule has 0 bridgehead atoms. The van der Waals surface area contributed by atoms with E-state index >= 15 is 0 Å². The van der Waals surface area contributed by atoms with Crippen LogP contribution >= 0.6 is 0 Å². The van der Waals surface area contributed by atoms with E-state index in [4.69, 9.17) is 9.15 Å². The normalized spacial score (nSPS) is 10.6. The first-order valence-corrected chi connectivity index (χ1v) is 8.37. The molecule has 0 saturated heterocycles. The molecule has 2 aromatic carbocycles. The minimum Gasteiger partial charge on any atom is -0.459 e. The SMILES string of the molecule is O=C(NCCCOCc1ccccc1)c1occc1-c1ccccc1. The lowest BCUT2D eigenvalue weighted by molar-refractivity contribution is 0.0909. The van der Waals surface area contributed by atoms with Gasteiger partial charge >= 0.3 is 0 Å². The van der Waals surface area contributed by atoms with Gasteiger partial charge in [-0.3, -0.25) is 4.79 Å². The molecule has 0 unspecified atom stereocenters. The highest BCUT2D eigenvalue weighted by molar-refractivity contribution is 5.98. The van der Waals surface area contributed by atoms with Crippen molar-refractivity contribution in [2.75, 3.05) is 13.2 Å². The second kappa shape index (κ2) is 8.85. The summed E-state index contributed by atoms with van der Waals surface area (Å²) in [7, 11) is 0. The molecule has 0 saturated carbocycles. The van der Waals surface area contributed by atoms with Crippen LogP contribution in [0.1, 0.15) is 22.5 Å². The highest BCUT2D eigenvalue weighted by atomic mass is 16.5. The first-order valence-electron chi connectivity index (χ1n) is 8.37. The van der Waals surface area contributed by atoms with Crippen LogP contribution in [0.5, 0.6) is 0 Å². The van der Waals surface area contributed by atoms with Crippen molar-refractivity contribution in [3.05, 3.63) is 84.3 Å². The summed E-state index contributed by atoms with van der Waals surface area (Å²) in [5.41, 5.74) is 2.92. The van der Waals surface area contributed by atoms with Crippen LogP contribution in [0.4, 0.5) is 0 Å². The number of benzene rings is 2. The zero-order chi connectivity index (χ0) is 17.3. The molecular formula is C21H21NO3. The van der Waals surface area contributed by atoms with E-state index in [-0.39, 0.29) is 5.91 Å². The van der Waals surface area contributed by atoms with Crippen LogP contribution in [0.15, 0.2) is 77.4 Å². The van der Waals surface area contributed by atoms with Crippen molar-refractivity contribution in [1.82, 2.24) is 5.32 Å². The monoisotopic (exact) mass is 335 g/mol. The molecule has 1 N–H and O–H groups in total. The fourth-order valence-electron chi connectivity index (χ4n) is 2.55. The summed E-state index contributed by atoms with van der Waals surface area (Å²) in [6.07, 6.45) is 2.29. The van der Waals surface area contributed by atoms with E-state index in [1.54, 1.807) is 6.26 Å². The summed E-state index contributed by atoms with van der Waals surface area (Å²) < 4.78 is 11.0. The summed E-state index contributed by atoms with van der Waals surface area (Å²) in [5.74, 6) is 0.142. The third-order valence-electron chi connectivity index (χ3n) is 3.82. The van der Waals surface area contributed by atoms with Gasteiger partial charge in [-0.2, -0.15) is 0 Å². The van der Waals surface area contributed by atoms with Gasteiger partial charge in [-0.05, 0) is 23.6 Å². The highest BCUT2D eigenvalue weighted by Gasteiger charge is 2.15. The summed E-state index contributed by atoms with van der Waals surface area (Å²) in [6, 6.07) is 21.6. The Kier molecular flexibility index (Phi) is 6.01. The second-order valence-corrected chi connectivity index (χ2v) is 5.68. The molecule has 0 aliphatic heterocycles. The van der Waals surface area contributed by atoms with Gasteiger partial charge in [0.05, 0.1) is 12.9 Å². The lowest BCUT2D eigenvalue weighted by Crippen LogP contribution is -2.25. The van der Waals surface area contributed by atoms with E-state index in [1.165, 1.54) is 0 Å². The van der Waals surface area contributed by atoms with Crippen LogP contribution in [-0.2, 0) is 11.3 Å².